The molecule has 0 heterocycles. The van der Waals surface area contributed by atoms with Crippen molar-refractivity contribution in [3.8, 4) is 5.75 Å². The van der Waals surface area contributed by atoms with Gasteiger partial charge in [0, 0.05) is 7.05 Å². The highest BCUT2D eigenvalue weighted by Gasteiger charge is 2.14. The van der Waals surface area contributed by atoms with E-state index >= 15 is 0 Å². The Morgan fingerprint density at radius 1 is 1.29 bits per heavy atom. The molecule has 0 saturated heterocycles. The fourth-order valence-electron chi connectivity index (χ4n) is 1.38. The first kappa shape index (κ1) is 13.5. The molecule has 4 N–H and O–H groups in total. The number of hydrogen-bond acceptors (Lipinski definition) is 4. The Bertz CT molecular complexity index is 363. The first-order chi connectivity index (χ1) is 8.04. The predicted molar refractivity (Wildman–Crippen MR) is 66.3 cm³/mol. The zero-order chi connectivity index (χ0) is 12.8. The second-order valence-corrected chi connectivity index (χ2v) is 3.95. The zero-order valence-electron chi connectivity index (χ0n) is 10.4. The number of ether oxygens (including phenoxy) is 1. The van der Waals surface area contributed by atoms with Crippen LogP contribution >= 0.6 is 0 Å². The maximum absolute atomic E-state index is 11.5. The van der Waals surface area contributed by atoms with Crippen molar-refractivity contribution >= 4 is 5.91 Å². The quantitative estimate of drug-likeness (QED) is 0.660. The summed E-state index contributed by atoms with van der Waals surface area (Å²) in [5.74, 6) is 0.495. The average Bonchev–Trinajstić information content (AvgIpc) is 2.28. The monoisotopic (exact) mass is 237 g/mol. The Balaban J connectivity index is 2.70. The minimum Gasteiger partial charge on any atom is -0.491 e. The van der Waals surface area contributed by atoms with Crippen LogP contribution in [0.25, 0.3) is 0 Å². The standard InChI is InChI=1S/C12H19N3O2/c1-8(2)17-10-6-4-9(5-7-10)11(13)12(16)15-14-3/h4-8,11,14H,13H2,1-3H3,(H,15,16). The van der Waals surface area contributed by atoms with Crippen molar-refractivity contribution in [3.63, 3.8) is 0 Å². The zero-order valence-corrected chi connectivity index (χ0v) is 10.4. The summed E-state index contributed by atoms with van der Waals surface area (Å²) in [6, 6.07) is 6.51. The molecule has 1 amide bonds. The first-order valence-electron chi connectivity index (χ1n) is 5.53. The van der Waals surface area contributed by atoms with Crippen LogP contribution in [-0.2, 0) is 4.79 Å². The summed E-state index contributed by atoms with van der Waals surface area (Å²) in [5, 5.41) is 0. The number of nitrogens with one attached hydrogen (secondary N) is 2. The fourth-order valence-corrected chi connectivity index (χ4v) is 1.38. The lowest BCUT2D eigenvalue weighted by Gasteiger charge is -2.13. The number of carbonyl (C=O) groups excluding carboxylic acids is 1. The van der Waals surface area contributed by atoms with Crippen molar-refractivity contribution in [2.24, 2.45) is 5.73 Å². The first-order valence-corrected chi connectivity index (χ1v) is 5.53. The van der Waals surface area contributed by atoms with E-state index in [4.69, 9.17) is 10.5 Å². The molecule has 0 aliphatic carbocycles. The molecule has 0 radical (unpaired) electrons. The van der Waals surface area contributed by atoms with Gasteiger partial charge in [0.1, 0.15) is 11.8 Å². The van der Waals surface area contributed by atoms with Crippen LogP contribution in [0, 0.1) is 0 Å². The summed E-state index contributed by atoms with van der Waals surface area (Å²) >= 11 is 0. The molecule has 1 aromatic rings. The Kier molecular flexibility index (Phi) is 4.93. The summed E-state index contributed by atoms with van der Waals surface area (Å²) in [6.07, 6.45) is 0.127. The highest BCUT2D eigenvalue weighted by Crippen LogP contribution is 2.17. The molecule has 0 aliphatic heterocycles. The van der Waals surface area contributed by atoms with Gasteiger partial charge in [-0.2, -0.15) is 0 Å². The van der Waals surface area contributed by atoms with Crippen LogP contribution in [-0.4, -0.2) is 19.1 Å². The van der Waals surface area contributed by atoms with Gasteiger partial charge in [0.2, 0.25) is 0 Å². The summed E-state index contributed by atoms with van der Waals surface area (Å²) in [7, 11) is 1.62. The van der Waals surface area contributed by atoms with Crippen LogP contribution in [0.5, 0.6) is 5.75 Å². The number of carbonyl (C=O) groups is 1. The number of hydrazine groups is 1. The summed E-state index contributed by atoms with van der Waals surface area (Å²) in [4.78, 5) is 11.5. The van der Waals surface area contributed by atoms with E-state index in [2.05, 4.69) is 10.9 Å². The van der Waals surface area contributed by atoms with Gasteiger partial charge in [-0.25, -0.2) is 5.43 Å². The van der Waals surface area contributed by atoms with Gasteiger partial charge >= 0.3 is 0 Å². The molecular weight excluding hydrogens is 218 g/mol. The topological polar surface area (TPSA) is 76.4 Å². The molecule has 0 aromatic heterocycles. The maximum Gasteiger partial charge on any atom is 0.255 e. The Morgan fingerprint density at radius 3 is 2.35 bits per heavy atom. The van der Waals surface area contributed by atoms with Gasteiger partial charge in [0.15, 0.2) is 0 Å². The van der Waals surface area contributed by atoms with Gasteiger partial charge in [0.25, 0.3) is 5.91 Å². The van der Waals surface area contributed by atoms with Crippen molar-refractivity contribution in [2.75, 3.05) is 7.05 Å². The third-order valence-electron chi connectivity index (χ3n) is 2.14. The van der Waals surface area contributed by atoms with Crippen molar-refractivity contribution in [1.29, 1.82) is 0 Å². The van der Waals surface area contributed by atoms with E-state index in [1.165, 1.54) is 0 Å². The third-order valence-corrected chi connectivity index (χ3v) is 2.14. The molecule has 0 saturated carbocycles. The molecule has 0 bridgehead atoms. The SMILES string of the molecule is CNNC(=O)C(N)c1ccc(OC(C)C)cc1. The lowest BCUT2D eigenvalue weighted by molar-refractivity contribution is -0.123. The van der Waals surface area contributed by atoms with Crippen molar-refractivity contribution < 1.29 is 9.53 Å². The fraction of sp³-hybridized carbons (Fsp3) is 0.417. The van der Waals surface area contributed by atoms with Crippen molar-refractivity contribution in [2.45, 2.75) is 26.0 Å². The third kappa shape index (κ3) is 4.05. The molecule has 0 spiro atoms. The maximum atomic E-state index is 11.5. The molecule has 1 aromatic carbocycles. The van der Waals surface area contributed by atoms with Crippen molar-refractivity contribution in [1.82, 2.24) is 10.9 Å². The Hall–Kier alpha value is -1.59. The van der Waals surface area contributed by atoms with Gasteiger partial charge in [0.05, 0.1) is 6.10 Å². The van der Waals surface area contributed by atoms with E-state index in [1.807, 2.05) is 26.0 Å². The Labute approximate surface area is 101 Å². The number of benzene rings is 1. The Morgan fingerprint density at radius 2 is 1.88 bits per heavy atom. The molecule has 0 aliphatic rings. The number of rotatable bonds is 5. The minimum absolute atomic E-state index is 0.127. The van der Waals surface area contributed by atoms with Gasteiger partial charge in [-0.05, 0) is 31.5 Å². The normalized spacial score (nSPS) is 12.3. The molecular formula is C12H19N3O2. The van der Waals surface area contributed by atoms with Gasteiger partial charge in [-0.3, -0.25) is 10.2 Å². The molecule has 5 nitrogen and oxygen atoms in total. The van der Waals surface area contributed by atoms with E-state index in [9.17, 15) is 4.79 Å². The van der Waals surface area contributed by atoms with E-state index in [0.29, 0.717) is 0 Å². The summed E-state index contributed by atoms with van der Waals surface area (Å²) in [6.45, 7) is 3.92. The molecule has 0 fully saturated rings. The summed E-state index contributed by atoms with van der Waals surface area (Å²) in [5.41, 5.74) is 11.5. The van der Waals surface area contributed by atoms with E-state index in [-0.39, 0.29) is 12.0 Å². The highest BCUT2D eigenvalue weighted by atomic mass is 16.5. The average molecular weight is 237 g/mol. The van der Waals surface area contributed by atoms with E-state index in [1.54, 1.807) is 19.2 Å². The molecule has 1 unspecified atom stereocenters. The molecule has 17 heavy (non-hydrogen) atoms. The minimum atomic E-state index is -0.685. The number of nitrogens with two attached hydrogens (primary N) is 1. The second kappa shape index (κ2) is 6.22. The van der Waals surface area contributed by atoms with Crippen LogP contribution in [0.15, 0.2) is 24.3 Å². The van der Waals surface area contributed by atoms with Crippen LogP contribution in [0.3, 0.4) is 0 Å². The molecule has 1 rings (SSSR count). The number of amides is 1. The van der Waals surface area contributed by atoms with Crippen molar-refractivity contribution in [3.05, 3.63) is 29.8 Å². The van der Waals surface area contributed by atoms with Crippen LogP contribution in [0.4, 0.5) is 0 Å². The van der Waals surface area contributed by atoms with Crippen LogP contribution < -0.4 is 21.3 Å². The van der Waals surface area contributed by atoms with Crippen LogP contribution in [0.1, 0.15) is 25.5 Å². The number of hydrogen-bond donors (Lipinski definition) is 3. The predicted octanol–water partition coefficient (Wildman–Crippen LogP) is 0.724. The van der Waals surface area contributed by atoms with Crippen LogP contribution in [0.2, 0.25) is 0 Å². The molecule has 1 atom stereocenters. The lowest BCUT2D eigenvalue weighted by atomic mass is 10.1. The van der Waals surface area contributed by atoms with Gasteiger partial charge in [-0.15, -0.1) is 0 Å². The highest BCUT2D eigenvalue weighted by molar-refractivity contribution is 5.82. The van der Waals surface area contributed by atoms with Gasteiger partial charge in [-0.1, -0.05) is 12.1 Å². The van der Waals surface area contributed by atoms with Gasteiger partial charge < -0.3 is 10.5 Å². The molecule has 5 heteroatoms. The smallest absolute Gasteiger partial charge is 0.255 e. The molecule has 94 valence electrons. The summed E-state index contributed by atoms with van der Waals surface area (Å²) < 4.78 is 5.50. The largest absolute Gasteiger partial charge is 0.491 e. The second-order valence-electron chi connectivity index (χ2n) is 3.95. The van der Waals surface area contributed by atoms with E-state index in [0.717, 1.165) is 11.3 Å². The lowest BCUT2D eigenvalue weighted by Crippen LogP contribution is -2.40. The van der Waals surface area contributed by atoms with E-state index < -0.39 is 6.04 Å².